The Morgan fingerprint density at radius 2 is 1.28 bits per heavy atom. The molecule has 9 nitrogen and oxygen atoms in total. The quantitative estimate of drug-likeness (QED) is 0.116. The van der Waals surface area contributed by atoms with Gasteiger partial charge in [-0.3, -0.25) is 10.2 Å². The molecule has 4 rings (SSSR count). The molecule has 5 atom stereocenters. The Hall–Kier alpha value is -3.18. The Morgan fingerprint density at radius 1 is 0.767 bits per heavy atom. The molecule has 3 aromatic carbocycles. The minimum absolute atomic E-state index is 0.0848. The molecule has 0 saturated carbocycles. The fraction of sp³-hybridized carbons (Fsp3) is 0.323. The third-order valence-electron chi connectivity index (χ3n) is 6.34. The van der Waals surface area contributed by atoms with E-state index < -0.39 is 52.3 Å². The molecule has 0 spiro atoms. The second-order valence-corrected chi connectivity index (χ2v) is 11.8. The van der Waals surface area contributed by atoms with E-state index >= 15 is 0 Å². The summed E-state index contributed by atoms with van der Waals surface area (Å²) in [7, 11) is 0. The fourth-order valence-electron chi connectivity index (χ4n) is 4.34. The van der Waals surface area contributed by atoms with Gasteiger partial charge in [-0.1, -0.05) is 114 Å². The molecule has 228 valence electrons. The summed E-state index contributed by atoms with van der Waals surface area (Å²) in [6.07, 6.45) is -5.74. The molecule has 3 aromatic rings. The summed E-state index contributed by atoms with van der Waals surface area (Å²) < 4.78 is 33.4. The Balaban J connectivity index is 1.67. The largest absolute Gasteiger partial charge is 0.459 e. The van der Waals surface area contributed by atoms with Gasteiger partial charge in [0.05, 0.1) is 18.8 Å². The van der Waals surface area contributed by atoms with E-state index in [2.05, 4.69) is 0 Å². The SMILES string of the molecule is CC(=O)O[C@H]1[C@H](OCc2ccccc2)[C@@H](OCc2ccccc2)[C@@H](OC(=N)C(Cl)(Cl)Cl)O[C@@H]1COC(=O)c1ccccc1. The van der Waals surface area contributed by atoms with Crippen LogP contribution in [0.3, 0.4) is 0 Å². The minimum Gasteiger partial charge on any atom is -0.459 e. The van der Waals surface area contributed by atoms with Crippen LogP contribution in [0.15, 0.2) is 91.0 Å². The first-order valence-electron chi connectivity index (χ1n) is 13.3. The van der Waals surface area contributed by atoms with Crippen LogP contribution in [0.25, 0.3) is 0 Å². The van der Waals surface area contributed by atoms with E-state index in [1.165, 1.54) is 6.92 Å². The van der Waals surface area contributed by atoms with Crippen molar-refractivity contribution in [3.8, 4) is 0 Å². The van der Waals surface area contributed by atoms with Crippen LogP contribution in [-0.4, -0.2) is 58.9 Å². The van der Waals surface area contributed by atoms with Gasteiger partial charge in [0.15, 0.2) is 6.10 Å². The molecule has 1 aliphatic rings. The molecule has 0 radical (unpaired) electrons. The number of alkyl halides is 3. The van der Waals surface area contributed by atoms with E-state index in [0.29, 0.717) is 5.56 Å². The van der Waals surface area contributed by atoms with Crippen LogP contribution < -0.4 is 0 Å². The summed E-state index contributed by atoms with van der Waals surface area (Å²) in [5.74, 6) is -1.98. The van der Waals surface area contributed by atoms with Gasteiger partial charge in [0, 0.05) is 6.92 Å². The van der Waals surface area contributed by atoms with Crippen LogP contribution in [0.5, 0.6) is 0 Å². The van der Waals surface area contributed by atoms with Crippen LogP contribution in [0, 0.1) is 5.41 Å². The zero-order chi connectivity index (χ0) is 30.8. The lowest BCUT2D eigenvalue weighted by molar-refractivity contribution is -0.305. The minimum atomic E-state index is -2.21. The maximum atomic E-state index is 12.8. The number of esters is 2. The molecule has 1 N–H and O–H groups in total. The lowest BCUT2D eigenvalue weighted by Crippen LogP contribution is -2.62. The van der Waals surface area contributed by atoms with Crippen LogP contribution >= 0.6 is 34.8 Å². The summed E-state index contributed by atoms with van der Waals surface area (Å²) >= 11 is 17.8. The molecule has 1 saturated heterocycles. The smallest absolute Gasteiger partial charge is 0.338 e. The first-order chi connectivity index (χ1) is 20.6. The van der Waals surface area contributed by atoms with E-state index in [1.807, 2.05) is 60.7 Å². The van der Waals surface area contributed by atoms with Crippen molar-refractivity contribution in [3.63, 3.8) is 0 Å². The summed E-state index contributed by atoms with van der Waals surface area (Å²) in [5, 5.41) is 8.21. The maximum Gasteiger partial charge on any atom is 0.338 e. The van der Waals surface area contributed by atoms with Gasteiger partial charge in [0.1, 0.15) is 24.9 Å². The number of carbonyl (C=O) groups excluding carboxylic acids is 2. The van der Waals surface area contributed by atoms with Gasteiger partial charge in [-0.2, -0.15) is 0 Å². The molecule has 1 aliphatic heterocycles. The highest BCUT2D eigenvalue weighted by Crippen LogP contribution is 2.34. The average Bonchev–Trinajstić information content (AvgIpc) is 3.00. The monoisotopic (exact) mass is 649 g/mol. The zero-order valence-corrected chi connectivity index (χ0v) is 25.3. The Kier molecular flexibility index (Phi) is 11.8. The molecule has 0 aliphatic carbocycles. The third-order valence-corrected chi connectivity index (χ3v) is 6.86. The van der Waals surface area contributed by atoms with Gasteiger partial charge in [-0.25, -0.2) is 4.79 Å². The molecule has 0 bridgehead atoms. The maximum absolute atomic E-state index is 12.8. The van der Waals surface area contributed by atoms with Crippen molar-refractivity contribution in [1.29, 1.82) is 5.41 Å². The summed E-state index contributed by atoms with van der Waals surface area (Å²) in [5.41, 5.74) is 1.97. The molecule has 0 amide bonds. The molecule has 43 heavy (non-hydrogen) atoms. The van der Waals surface area contributed by atoms with Gasteiger partial charge >= 0.3 is 11.9 Å². The van der Waals surface area contributed by atoms with E-state index in [-0.39, 0.29) is 19.8 Å². The van der Waals surface area contributed by atoms with Gasteiger partial charge in [0.2, 0.25) is 12.2 Å². The van der Waals surface area contributed by atoms with Crippen molar-refractivity contribution in [2.45, 2.75) is 54.6 Å². The van der Waals surface area contributed by atoms with E-state index in [9.17, 15) is 9.59 Å². The zero-order valence-electron chi connectivity index (χ0n) is 23.1. The van der Waals surface area contributed by atoms with E-state index in [0.717, 1.165) is 11.1 Å². The number of halogens is 3. The van der Waals surface area contributed by atoms with Crippen LogP contribution in [-0.2, 0) is 46.4 Å². The van der Waals surface area contributed by atoms with Crippen LogP contribution in [0.2, 0.25) is 0 Å². The van der Waals surface area contributed by atoms with E-state index in [4.69, 9.17) is 68.6 Å². The lowest BCUT2D eigenvalue weighted by Gasteiger charge is -2.45. The second kappa shape index (κ2) is 15.5. The van der Waals surface area contributed by atoms with Gasteiger partial charge in [-0.15, -0.1) is 0 Å². The van der Waals surface area contributed by atoms with Gasteiger partial charge in [-0.05, 0) is 23.3 Å². The summed E-state index contributed by atoms with van der Waals surface area (Å²) in [6.45, 7) is 1.06. The third kappa shape index (κ3) is 9.66. The van der Waals surface area contributed by atoms with Gasteiger partial charge < -0.3 is 28.4 Å². The van der Waals surface area contributed by atoms with Crippen molar-refractivity contribution in [2.24, 2.45) is 0 Å². The van der Waals surface area contributed by atoms with Crippen molar-refractivity contribution < 1.29 is 38.0 Å². The number of hydrogen-bond donors (Lipinski definition) is 1. The topological polar surface area (TPSA) is 113 Å². The molecular formula is C31H30Cl3NO8. The van der Waals surface area contributed by atoms with Gasteiger partial charge in [0.25, 0.3) is 3.79 Å². The number of carbonyl (C=O) groups is 2. The molecule has 0 unspecified atom stereocenters. The van der Waals surface area contributed by atoms with Crippen LogP contribution in [0.4, 0.5) is 0 Å². The first kappa shape index (κ1) is 32.7. The van der Waals surface area contributed by atoms with E-state index in [1.54, 1.807) is 30.3 Å². The number of nitrogens with one attached hydrogen (secondary N) is 1. The molecule has 1 heterocycles. The highest BCUT2D eigenvalue weighted by Gasteiger charge is 2.52. The molecular weight excluding hydrogens is 621 g/mol. The van der Waals surface area contributed by atoms with Crippen molar-refractivity contribution >= 4 is 52.6 Å². The Labute approximate surface area is 264 Å². The normalized spacial score (nSPS) is 21.9. The highest BCUT2D eigenvalue weighted by molar-refractivity contribution is 6.76. The average molecular weight is 651 g/mol. The summed E-state index contributed by atoms with van der Waals surface area (Å²) in [6, 6.07) is 27.0. The predicted molar refractivity (Wildman–Crippen MR) is 160 cm³/mol. The Bertz CT molecular complexity index is 1340. The number of hydrogen-bond acceptors (Lipinski definition) is 9. The van der Waals surface area contributed by atoms with Crippen molar-refractivity contribution in [3.05, 3.63) is 108 Å². The predicted octanol–water partition coefficient (Wildman–Crippen LogP) is 6.03. The van der Waals surface area contributed by atoms with Crippen molar-refractivity contribution in [2.75, 3.05) is 6.61 Å². The number of ether oxygens (including phenoxy) is 6. The Morgan fingerprint density at radius 3 is 1.79 bits per heavy atom. The fourth-order valence-corrected chi connectivity index (χ4v) is 4.47. The highest BCUT2D eigenvalue weighted by atomic mass is 35.6. The summed E-state index contributed by atoms with van der Waals surface area (Å²) in [4.78, 5) is 25.1. The number of benzene rings is 3. The standard InChI is InChI=1S/C31H30Cl3NO8/c1-20(36)41-25-24(19-40-28(37)23-15-9-4-10-16-23)42-29(43-30(35)31(32,33)34)27(39-18-22-13-7-3-8-14-22)26(25)38-17-21-11-5-2-6-12-21/h2-16,24-27,29,35H,17-19H2,1H3/t24-,25-,26+,27-,29-/m1/s1. The van der Waals surface area contributed by atoms with Crippen LogP contribution in [0.1, 0.15) is 28.4 Å². The lowest BCUT2D eigenvalue weighted by atomic mass is 9.98. The van der Waals surface area contributed by atoms with Crippen molar-refractivity contribution in [1.82, 2.24) is 0 Å². The molecule has 1 fully saturated rings. The molecule has 12 heteroatoms. The molecule has 0 aromatic heterocycles. The number of rotatable bonds is 11. The first-order valence-corrected chi connectivity index (χ1v) is 14.4. The second-order valence-electron chi connectivity index (χ2n) is 9.55.